The second-order valence-electron chi connectivity index (χ2n) is 3.37. The smallest absolute Gasteiger partial charge is 0.218 e. The van der Waals surface area contributed by atoms with E-state index in [0.29, 0.717) is 11.7 Å². The monoisotopic (exact) mass is 227 g/mol. The molecule has 1 aromatic heterocycles. The minimum atomic E-state index is -0.211. The van der Waals surface area contributed by atoms with Gasteiger partial charge in [0.2, 0.25) is 5.91 Å². The van der Waals surface area contributed by atoms with Crippen molar-refractivity contribution >= 4 is 17.7 Å². The number of amides is 1. The molecular weight excluding hydrogens is 210 g/mol. The van der Waals surface area contributed by atoms with Crippen LogP contribution in [-0.2, 0) is 11.3 Å². The number of aromatic nitrogens is 2. The van der Waals surface area contributed by atoms with Gasteiger partial charge in [-0.1, -0.05) is 6.92 Å². The topological polar surface area (TPSA) is 60.9 Å². The third-order valence-electron chi connectivity index (χ3n) is 2.15. The van der Waals surface area contributed by atoms with Gasteiger partial charge in [-0.15, -0.1) is 0 Å². The Kier molecular flexibility index (Phi) is 5.25. The molecule has 1 aromatic rings. The molecule has 1 rings (SSSR count). The van der Waals surface area contributed by atoms with Crippen LogP contribution in [0.4, 0.5) is 0 Å². The second-order valence-corrected chi connectivity index (χ2v) is 4.78. The van der Waals surface area contributed by atoms with Crippen molar-refractivity contribution < 1.29 is 4.79 Å². The van der Waals surface area contributed by atoms with Crippen molar-refractivity contribution in [3.63, 3.8) is 0 Å². The lowest BCUT2D eigenvalue weighted by atomic mass is 10.2. The van der Waals surface area contributed by atoms with Crippen LogP contribution in [0.25, 0.3) is 0 Å². The average molecular weight is 227 g/mol. The summed E-state index contributed by atoms with van der Waals surface area (Å²) in [7, 11) is 0. The zero-order chi connectivity index (χ0) is 11.1. The van der Waals surface area contributed by atoms with Crippen LogP contribution in [0.2, 0.25) is 0 Å². The van der Waals surface area contributed by atoms with Crippen LogP contribution >= 0.6 is 11.8 Å². The van der Waals surface area contributed by atoms with Gasteiger partial charge in [0, 0.05) is 36.4 Å². The van der Waals surface area contributed by atoms with Gasteiger partial charge in [-0.3, -0.25) is 4.79 Å². The number of carbonyl (C=O) groups is 1. The van der Waals surface area contributed by atoms with E-state index in [1.165, 1.54) is 0 Å². The second kappa shape index (κ2) is 6.50. The Hall–Kier alpha value is -0.970. The molecule has 0 radical (unpaired) electrons. The Morgan fingerprint density at radius 1 is 1.67 bits per heavy atom. The van der Waals surface area contributed by atoms with Crippen LogP contribution < -0.4 is 5.73 Å². The van der Waals surface area contributed by atoms with Crippen molar-refractivity contribution in [2.45, 2.75) is 31.6 Å². The first-order valence-corrected chi connectivity index (χ1v) is 6.13. The lowest BCUT2D eigenvalue weighted by Gasteiger charge is -2.12. The summed E-state index contributed by atoms with van der Waals surface area (Å²) in [6.07, 6.45) is 6.97. The molecule has 2 N–H and O–H groups in total. The number of imidazole rings is 1. The van der Waals surface area contributed by atoms with Crippen LogP contribution in [-0.4, -0.2) is 26.5 Å². The largest absolute Gasteiger partial charge is 0.370 e. The fourth-order valence-corrected chi connectivity index (χ4v) is 2.46. The van der Waals surface area contributed by atoms with Gasteiger partial charge in [-0.25, -0.2) is 4.98 Å². The first-order valence-electron chi connectivity index (χ1n) is 5.08. The summed E-state index contributed by atoms with van der Waals surface area (Å²) in [4.78, 5) is 14.7. The highest BCUT2D eigenvalue weighted by atomic mass is 32.2. The van der Waals surface area contributed by atoms with Crippen LogP contribution in [0.5, 0.6) is 0 Å². The number of nitrogens with zero attached hydrogens (tertiary/aromatic N) is 2. The van der Waals surface area contributed by atoms with E-state index in [2.05, 4.69) is 11.9 Å². The van der Waals surface area contributed by atoms with E-state index in [1.54, 1.807) is 24.3 Å². The summed E-state index contributed by atoms with van der Waals surface area (Å²) < 4.78 is 2.03. The molecule has 15 heavy (non-hydrogen) atoms. The minimum absolute atomic E-state index is 0.211. The van der Waals surface area contributed by atoms with E-state index < -0.39 is 0 Å². The number of nitrogens with two attached hydrogens (primary N) is 1. The van der Waals surface area contributed by atoms with Gasteiger partial charge in [0.15, 0.2) is 0 Å². The molecule has 0 aromatic carbocycles. The summed E-state index contributed by atoms with van der Waals surface area (Å²) in [5.74, 6) is 0.777. The summed E-state index contributed by atoms with van der Waals surface area (Å²) in [5.41, 5.74) is 5.17. The van der Waals surface area contributed by atoms with Crippen LogP contribution in [0, 0.1) is 0 Å². The van der Waals surface area contributed by atoms with Crippen molar-refractivity contribution in [3.8, 4) is 0 Å². The zero-order valence-electron chi connectivity index (χ0n) is 8.93. The lowest BCUT2D eigenvalue weighted by molar-refractivity contribution is -0.118. The molecule has 0 aliphatic rings. The molecule has 84 valence electrons. The molecule has 0 saturated heterocycles. The number of hydrogen-bond donors (Lipinski definition) is 1. The van der Waals surface area contributed by atoms with E-state index in [-0.39, 0.29) is 5.91 Å². The number of rotatable bonds is 7. The van der Waals surface area contributed by atoms with Gasteiger partial charge in [0.25, 0.3) is 0 Å². The summed E-state index contributed by atoms with van der Waals surface area (Å²) in [6.45, 7) is 3.01. The number of hydrogen-bond acceptors (Lipinski definition) is 3. The van der Waals surface area contributed by atoms with Gasteiger partial charge >= 0.3 is 0 Å². The number of thioether (sulfide) groups is 1. The fourth-order valence-electron chi connectivity index (χ4n) is 1.29. The third kappa shape index (κ3) is 4.88. The van der Waals surface area contributed by atoms with E-state index in [1.807, 2.05) is 10.8 Å². The molecule has 0 fully saturated rings. The molecule has 5 heteroatoms. The maximum atomic E-state index is 10.8. The number of carbonyl (C=O) groups excluding carboxylic acids is 1. The highest BCUT2D eigenvalue weighted by Gasteiger charge is 2.09. The SMILES string of the molecule is CCC(CC(N)=O)SCCn1ccnc1. The van der Waals surface area contributed by atoms with E-state index in [9.17, 15) is 4.79 Å². The Bertz CT molecular complexity index is 287. The average Bonchev–Trinajstić information content (AvgIpc) is 2.68. The molecular formula is C10H17N3OS. The highest BCUT2D eigenvalue weighted by molar-refractivity contribution is 7.99. The molecule has 0 aliphatic heterocycles. The fraction of sp³-hybridized carbons (Fsp3) is 0.600. The molecule has 0 saturated carbocycles. The van der Waals surface area contributed by atoms with E-state index in [0.717, 1.165) is 18.7 Å². The summed E-state index contributed by atoms with van der Waals surface area (Å²) >= 11 is 1.80. The van der Waals surface area contributed by atoms with Crippen molar-refractivity contribution in [2.24, 2.45) is 5.73 Å². The van der Waals surface area contributed by atoms with Crippen molar-refractivity contribution in [1.82, 2.24) is 9.55 Å². The van der Waals surface area contributed by atoms with Gasteiger partial charge in [0.1, 0.15) is 0 Å². The minimum Gasteiger partial charge on any atom is -0.370 e. The summed E-state index contributed by atoms with van der Waals surface area (Å²) in [6, 6.07) is 0. The van der Waals surface area contributed by atoms with Crippen molar-refractivity contribution in [2.75, 3.05) is 5.75 Å². The normalized spacial score (nSPS) is 12.6. The molecule has 1 atom stereocenters. The standard InChI is InChI=1S/C10H17N3OS/c1-2-9(7-10(11)14)15-6-5-13-4-3-12-8-13/h3-4,8-9H,2,5-7H2,1H3,(H2,11,14). The Balaban J connectivity index is 2.20. The molecule has 4 nitrogen and oxygen atoms in total. The van der Waals surface area contributed by atoms with Crippen LogP contribution in [0.3, 0.4) is 0 Å². The molecule has 0 bridgehead atoms. The highest BCUT2D eigenvalue weighted by Crippen LogP contribution is 2.17. The van der Waals surface area contributed by atoms with Crippen molar-refractivity contribution in [1.29, 1.82) is 0 Å². The first kappa shape index (κ1) is 12.1. The quantitative estimate of drug-likeness (QED) is 0.763. The molecule has 1 heterocycles. The summed E-state index contributed by atoms with van der Waals surface area (Å²) in [5, 5.41) is 0.353. The van der Waals surface area contributed by atoms with Crippen molar-refractivity contribution in [3.05, 3.63) is 18.7 Å². The van der Waals surface area contributed by atoms with Crippen LogP contribution in [0.1, 0.15) is 19.8 Å². The Morgan fingerprint density at radius 2 is 2.47 bits per heavy atom. The maximum absolute atomic E-state index is 10.8. The zero-order valence-corrected chi connectivity index (χ0v) is 9.74. The Morgan fingerprint density at radius 3 is 3.00 bits per heavy atom. The predicted molar refractivity (Wildman–Crippen MR) is 62.6 cm³/mol. The third-order valence-corrected chi connectivity index (χ3v) is 3.54. The molecule has 0 aliphatic carbocycles. The molecule has 1 amide bonds. The van der Waals surface area contributed by atoms with Gasteiger partial charge in [-0.2, -0.15) is 11.8 Å². The van der Waals surface area contributed by atoms with Crippen LogP contribution in [0.15, 0.2) is 18.7 Å². The first-order chi connectivity index (χ1) is 7.22. The number of primary amides is 1. The van der Waals surface area contributed by atoms with Gasteiger partial charge in [-0.05, 0) is 6.42 Å². The lowest BCUT2D eigenvalue weighted by Crippen LogP contribution is -2.18. The predicted octanol–water partition coefficient (Wildman–Crippen LogP) is 1.27. The maximum Gasteiger partial charge on any atom is 0.218 e. The van der Waals surface area contributed by atoms with Gasteiger partial charge < -0.3 is 10.3 Å². The molecule has 1 unspecified atom stereocenters. The van der Waals surface area contributed by atoms with Gasteiger partial charge in [0.05, 0.1) is 6.33 Å². The van der Waals surface area contributed by atoms with E-state index in [4.69, 9.17) is 5.73 Å². The number of aryl methyl sites for hydroxylation is 1. The Labute approximate surface area is 94.2 Å². The van der Waals surface area contributed by atoms with E-state index >= 15 is 0 Å². The molecule has 0 spiro atoms.